The van der Waals surface area contributed by atoms with Crippen molar-refractivity contribution in [3.05, 3.63) is 29.6 Å². The van der Waals surface area contributed by atoms with Crippen molar-refractivity contribution in [2.75, 3.05) is 0 Å². The maximum Gasteiger partial charge on any atom is 0.293 e. The van der Waals surface area contributed by atoms with Gasteiger partial charge in [-0.2, -0.15) is 0 Å². The normalized spacial score (nSPS) is 20.6. The summed E-state index contributed by atoms with van der Waals surface area (Å²) in [5.74, 6) is 0.692. The van der Waals surface area contributed by atoms with Crippen molar-refractivity contribution in [1.29, 1.82) is 0 Å². The summed E-state index contributed by atoms with van der Waals surface area (Å²) < 4.78 is 36.2. The smallest absolute Gasteiger partial charge is 0.293 e. The first-order chi connectivity index (χ1) is 18.7. The number of rotatable bonds is 9. The highest BCUT2D eigenvalue weighted by molar-refractivity contribution is 7.89. The summed E-state index contributed by atoms with van der Waals surface area (Å²) in [6.45, 7) is 12.5. The molecule has 0 atom stereocenters. The van der Waals surface area contributed by atoms with E-state index in [4.69, 9.17) is 4.74 Å². The standard InChI is InChI=1S/C29H43N5O5S/c1-28(2,3)23-14-20(12-13-24(23)40(37,38)33-29(4,5)6)26-31-25(27(36)30-21-15-22(16-21)39-18-35)32-34(26)17-19-10-8-7-9-11-19/h12-14,18-19,21-22,33H,7-11,15-17H2,1-6H3,(H,30,36). The van der Waals surface area contributed by atoms with Gasteiger partial charge in [0.25, 0.3) is 12.4 Å². The van der Waals surface area contributed by atoms with E-state index < -0.39 is 21.0 Å². The first-order valence-corrected chi connectivity index (χ1v) is 15.7. The molecule has 4 rings (SSSR count). The van der Waals surface area contributed by atoms with Crippen molar-refractivity contribution in [3.63, 3.8) is 0 Å². The predicted octanol–water partition coefficient (Wildman–Crippen LogP) is 4.33. The molecular formula is C29H43N5O5S. The van der Waals surface area contributed by atoms with Crippen LogP contribution in [0.25, 0.3) is 11.4 Å². The number of carbonyl (C=O) groups is 2. The number of ether oxygens (including phenoxy) is 1. The Labute approximate surface area is 237 Å². The number of carbonyl (C=O) groups excluding carboxylic acids is 2. The largest absolute Gasteiger partial charge is 0.464 e. The maximum atomic E-state index is 13.4. The second-order valence-corrected chi connectivity index (χ2v) is 14.9. The first-order valence-electron chi connectivity index (χ1n) is 14.2. The van der Waals surface area contributed by atoms with E-state index in [1.807, 2.05) is 52.3 Å². The van der Waals surface area contributed by atoms with Crippen LogP contribution in [0.2, 0.25) is 0 Å². The van der Waals surface area contributed by atoms with Gasteiger partial charge >= 0.3 is 0 Å². The molecule has 10 nitrogen and oxygen atoms in total. The minimum Gasteiger partial charge on any atom is -0.464 e. The van der Waals surface area contributed by atoms with Crippen LogP contribution in [-0.2, 0) is 31.5 Å². The average Bonchev–Trinajstić information content (AvgIpc) is 3.25. The molecule has 11 heteroatoms. The number of amides is 1. The van der Waals surface area contributed by atoms with Gasteiger partial charge in [0.2, 0.25) is 15.8 Å². The van der Waals surface area contributed by atoms with E-state index >= 15 is 0 Å². The quantitative estimate of drug-likeness (QED) is 0.427. The number of sulfonamides is 1. The summed E-state index contributed by atoms with van der Waals surface area (Å²) in [4.78, 5) is 28.6. The van der Waals surface area contributed by atoms with Crippen molar-refractivity contribution >= 4 is 22.4 Å². The molecule has 0 saturated heterocycles. The Hall–Kier alpha value is -2.79. The van der Waals surface area contributed by atoms with Crippen LogP contribution < -0.4 is 10.0 Å². The lowest BCUT2D eigenvalue weighted by atomic mass is 9.86. The van der Waals surface area contributed by atoms with Gasteiger partial charge in [0.15, 0.2) is 5.82 Å². The molecule has 1 amide bonds. The Kier molecular flexibility index (Phi) is 8.75. The highest BCUT2D eigenvalue weighted by Crippen LogP contribution is 2.34. The molecule has 2 saturated carbocycles. The van der Waals surface area contributed by atoms with Gasteiger partial charge in [0.1, 0.15) is 6.10 Å². The van der Waals surface area contributed by atoms with Crippen LogP contribution in [0.15, 0.2) is 23.1 Å². The molecule has 2 aliphatic rings. The average molecular weight is 574 g/mol. The topological polar surface area (TPSA) is 132 Å². The summed E-state index contributed by atoms with van der Waals surface area (Å²) in [5.41, 5.74) is 0.270. The fourth-order valence-corrected chi connectivity index (χ4v) is 7.28. The highest BCUT2D eigenvalue weighted by Gasteiger charge is 2.34. The summed E-state index contributed by atoms with van der Waals surface area (Å²) in [7, 11) is -3.78. The number of hydrogen-bond acceptors (Lipinski definition) is 7. The van der Waals surface area contributed by atoms with Crippen LogP contribution in [-0.4, -0.2) is 53.2 Å². The van der Waals surface area contributed by atoms with Gasteiger partial charge in [0.05, 0.1) is 4.90 Å². The molecule has 40 heavy (non-hydrogen) atoms. The molecule has 0 radical (unpaired) electrons. The number of hydrogen-bond donors (Lipinski definition) is 2. The second-order valence-electron chi connectivity index (χ2n) is 13.3. The Morgan fingerprint density at radius 3 is 2.38 bits per heavy atom. The van der Waals surface area contributed by atoms with E-state index in [1.54, 1.807) is 12.1 Å². The third-order valence-electron chi connectivity index (χ3n) is 7.48. The summed E-state index contributed by atoms with van der Waals surface area (Å²) in [6, 6.07) is 5.15. The van der Waals surface area contributed by atoms with Crippen LogP contribution in [0, 0.1) is 5.92 Å². The lowest BCUT2D eigenvalue weighted by Crippen LogP contribution is -2.48. The molecule has 0 spiro atoms. The van der Waals surface area contributed by atoms with Crippen LogP contribution in [0.3, 0.4) is 0 Å². The van der Waals surface area contributed by atoms with E-state index in [0.29, 0.717) is 48.7 Å². The summed E-state index contributed by atoms with van der Waals surface area (Å²) >= 11 is 0. The van der Waals surface area contributed by atoms with Gasteiger partial charge in [-0.3, -0.25) is 9.59 Å². The highest BCUT2D eigenvalue weighted by atomic mass is 32.2. The minimum atomic E-state index is -3.78. The van der Waals surface area contributed by atoms with Gasteiger partial charge in [-0.1, -0.05) is 40.0 Å². The van der Waals surface area contributed by atoms with E-state index in [1.165, 1.54) is 19.3 Å². The fourth-order valence-electron chi connectivity index (χ4n) is 5.46. The second kappa shape index (κ2) is 11.6. The van der Waals surface area contributed by atoms with Crippen LogP contribution in [0.1, 0.15) is 103 Å². The molecule has 2 fully saturated rings. The van der Waals surface area contributed by atoms with Crippen LogP contribution >= 0.6 is 0 Å². The van der Waals surface area contributed by atoms with Crippen LogP contribution in [0.5, 0.6) is 0 Å². The van der Waals surface area contributed by atoms with Gasteiger partial charge in [-0.25, -0.2) is 22.8 Å². The Morgan fingerprint density at radius 2 is 1.77 bits per heavy atom. The van der Waals surface area contributed by atoms with E-state index in [0.717, 1.165) is 12.8 Å². The van der Waals surface area contributed by atoms with E-state index in [9.17, 15) is 18.0 Å². The van der Waals surface area contributed by atoms with Crippen molar-refractivity contribution in [2.45, 2.75) is 121 Å². The predicted molar refractivity (Wildman–Crippen MR) is 152 cm³/mol. The first kappa shape index (κ1) is 30.2. The zero-order chi connectivity index (χ0) is 29.3. The van der Waals surface area contributed by atoms with Gasteiger partial charge in [0, 0.05) is 36.5 Å². The van der Waals surface area contributed by atoms with Crippen molar-refractivity contribution in [3.8, 4) is 11.4 Å². The minimum absolute atomic E-state index is 0.0778. The van der Waals surface area contributed by atoms with E-state index in [-0.39, 0.29) is 28.8 Å². The van der Waals surface area contributed by atoms with Crippen LogP contribution in [0.4, 0.5) is 0 Å². The van der Waals surface area contributed by atoms with Gasteiger partial charge in [-0.15, -0.1) is 5.10 Å². The lowest BCUT2D eigenvalue weighted by Gasteiger charge is -2.33. The van der Waals surface area contributed by atoms with E-state index in [2.05, 4.69) is 20.1 Å². The molecule has 2 N–H and O–H groups in total. The zero-order valence-electron chi connectivity index (χ0n) is 24.5. The number of nitrogens with zero attached hydrogens (tertiary/aromatic N) is 3. The third kappa shape index (κ3) is 7.28. The van der Waals surface area contributed by atoms with Crippen molar-refractivity contribution in [2.24, 2.45) is 5.92 Å². The third-order valence-corrected chi connectivity index (χ3v) is 9.30. The monoisotopic (exact) mass is 573 g/mol. The molecule has 1 heterocycles. The Morgan fingerprint density at radius 1 is 1.10 bits per heavy atom. The molecule has 1 aromatic heterocycles. The molecule has 220 valence electrons. The molecule has 2 aliphatic carbocycles. The zero-order valence-corrected chi connectivity index (χ0v) is 25.3. The molecule has 0 bridgehead atoms. The van der Waals surface area contributed by atoms with Crippen molar-refractivity contribution in [1.82, 2.24) is 24.8 Å². The number of benzene rings is 1. The Bertz CT molecular complexity index is 1330. The molecule has 0 aliphatic heterocycles. The van der Waals surface area contributed by atoms with Crippen molar-refractivity contribution < 1.29 is 22.7 Å². The molecule has 0 unspecified atom stereocenters. The lowest BCUT2D eigenvalue weighted by molar-refractivity contribution is -0.138. The maximum absolute atomic E-state index is 13.4. The molecule has 1 aromatic carbocycles. The summed E-state index contributed by atoms with van der Waals surface area (Å²) in [5, 5.41) is 7.58. The fraction of sp³-hybridized carbons (Fsp3) is 0.655. The molecular weight excluding hydrogens is 530 g/mol. The number of aromatic nitrogens is 3. The number of nitrogens with one attached hydrogen (secondary N) is 2. The SMILES string of the molecule is CC(C)(C)NS(=O)(=O)c1ccc(-c2nc(C(=O)NC3CC(OC=O)C3)nn2CC2CCCCC2)cc1C(C)(C)C. The van der Waals surface area contributed by atoms with Gasteiger partial charge in [-0.05, 0) is 68.7 Å². The molecule has 2 aromatic rings. The summed E-state index contributed by atoms with van der Waals surface area (Å²) in [6.07, 6.45) is 6.74. The van der Waals surface area contributed by atoms with Gasteiger partial charge < -0.3 is 10.1 Å². The Balaban J connectivity index is 1.70.